The third-order valence-electron chi connectivity index (χ3n) is 0. The maximum Gasteiger partial charge on any atom is 0.00554 e. The van der Waals surface area contributed by atoms with Crippen LogP contribution in [0.4, 0.5) is 0 Å². The van der Waals surface area contributed by atoms with Crippen molar-refractivity contribution in [1.29, 1.82) is 0 Å². The molecule has 39 valence electrons. The number of halogens is 1. The molecule has 0 atom stereocenters. The minimum atomic E-state index is 0. The van der Waals surface area contributed by atoms with Crippen LogP contribution >= 0.6 is 16.1 Å². The minimum absolute atomic E-state index is 0. The molecule has 0 spiro atoms. The molecule has 0 aromatic rings. The van der Waals surface area contributed by atoms with Crippen LogP contribution in [0.15, 0.2) is 0 Å². The van der Waals surface area contributed by atoms with E-state index in [4.69, 9.17) is 0 Å². The van der Waals surface area contributed by atoms with Crippen molar-refractivity contribution >= 4 is 45.7 Å². The third-order valence-corrected chi connectivity index (χ3v) is 0. The molecule has 8 N–H and O–H groups in total. The summed E-state index contributed by atoms with van der Waals surface area (Å²) < 4.78 is 4.31. The Morgan fingerprint density at radius 1 is 0.833 bits per heavy atom. The molecule has 6 heavy (non-hydrogen) atoms. The Morgan fingerprint density at radius 2 is 0.833 bits per heavy atom. The van der Waals surface area contributed by atoms with E-state index < -0.39 is 0 Å². The Hall–Kier alpha value is 1.32. The molecule has 6 heteroatoms. The second-order valence-electron chi connectivity index (χ2n) is 0. The molecule has 0 aliphatic heterocycles. The zero-order chi connectivity index (χ0) is 2.00. The van der Waals surface area contributed by atoms with Gasteiger partial charge in [0.05, 0.1) is 0 Å². The van der Waals surface area contributed by atoms with Gasteiger partial charge in [0.2, 0.25) is 0 Å². The van der Waals surface area contributed by atoms with Crippen molar-refractivity contribution in [3.8, 4) is 0 Å². The fraction of sp³-hybridized carbons (Fsp3) is 0. The van der Waals surface area contributed by atoms with Gasteiger partial charge in [-0.3, -0.25) is 4.76 Å². The van der Waals surface area contributed by atoms with Crippen LogP contribution in [0.1, 0.15) is 0 Å². The molecule has 0 unspecified atom stereocenters. The van der Waals surface area contributed by atoms with Crippen molar-refractivity contribution in [1.82, 2.24) is 0 Å². The molecule has 0 fully saturated rings. The van der Waals surface area contributed by atoms with Gasteiger partial charge in [-0.2, -0.15) is 0 Å². The summed E-state index contributed by atoms with van der Waals surface area (Å²) >= 11 is 2.44. The Morgan fingerprint density at radius 3 is 0.833 bits per heavy atom. The van der Waals surface area contributed by atoms with Crippen LogP contribution in [0.5, 0.6) is 0 Å². The van der Waals surface area contributed by atoms with Crippen molar-refractivity contribution in [2.24, 2.45) is 4.76 Å². The van der Waals surface area contributed by atoms with Gasteiger partial charge >= 0.3 is 0 Å². The van der Waals surface area contributed by atoms with Gasteiger partial charge in [-0.25, -0.2) is 0 Å². The van der Waals surface area contributed by atoms with Crippen molar-refractivity contribution < 1.29 is 16.4 Å². The number of hydrogen-bond donors (Lipinski definition) is 1. The van der Waals surface area contributed by atoms with Gasteiger partial charge in [-0.15, -0.1) is 0 Å². The first-order valence-corrected chi connectivity index (χ1v) is 1.13. The van der Waals surface area contributed by atoms with Crippen molar-refractivity contribution in [2.75, 3.05) is 0 Å². The maximum atomic E-state index is 4.31. The maximum absolute atomic E-state index is 4.31. The van der Waals surface area contributed by atoms with Gasteiger partial charge < -0.3 is 16.4 Å². The van der Waals surface area contributed by atoms with E-state index in [0.29, 0.717) is 0 Å². The summed E-state index contributed by atoms with van der Waals surface area (Å²) in [6, 6.07) is 0. The predicted octanol–water partition coefficient (Wildman–Crippen LogP) is -2.60. The first-order chi connectivity index (χ1) is 1.00. The molecule has 0 saturated heterocycles. The number of hydrogen-bond acceptors (Lipinski definition) is 1. The van der Waals surface area contributed by atoms with E-state index >= 15 is 0 Å². The molecular formula is H8BrNNaO3. The summed E-state index contributed by atoms with van der Waals surface area (Å²) in [5.74, 6) is 0. The largest absolute Gasteiger partial charge is 0.412 e. The Kier molecular flexibility index (Phi) is 929. The fourth-order valence-electron chi connectivity index (χ4n) is 0. The van der Waals surface area contributed by atoms with Crippen LogP contribution in [0.2, 0.25) is 0 Å². The van der Waals surface area contributed by atoms with E-state index in [1.165, 1.54) is 0 Å². The monoisotopic (exact) mass is 172 g/mol. The molecule has 4 nitrogen and oxygen atoms in total. The average Bonchev–Trinajstić information content (AvgIpc) is 1.00. The molecule has 0 amide bonds. The van der Waals surface area contributed by atoms with E-state index in [0.717, 1.165) is 0 Å². The standard InChI is InChI=1S/BrH2N.Na.3H2O/c1-2;;;;/h2H2;;3*1H2. The molecule has 0 rings (SSSR count). The SMILES string of the molecule is NBr.O.O.O.[Na]. The van der Waals surface area contributed by atoms with Crippen LogP contribution in [0, 0.1) is 0 Å². The molecule has 0 saturated carbocycles. The first-order valence-electron chi connectivity index (χ1n) is 0.218. The summed E-state index contributed by atoms with van der Waals surface area (Å²) in [5, 5.41) is 0. The summed E-state index contributed by atoms with van der Waals surface area (Å²) in [7, 11) is 0. The van der Waals surface area contributed by atoms with Gasteiger partial charge in [-0.05, 0) is 0 Å². The molecule has 0 aromatic carbocycles. The van der Waals surface area contributed by atoms with Gasteiger partial charge in [0.1, 0.15) is 0 Å². The van der Waals surface area contributed by atoms with Crippen molar-refractivity contribution in [3.05, 3.63) is 0 Å². The van der Waals surface area contributed by atoms with E-state index in [2.05, 4.69) is 20.9 Å². The summed E-state index contributed by atoms with van der Waals surface area (Å²) in [6.45, 7) is 0. The van der Waals surface area contributed by atoms with E-state index in [1.54, 1.807) is 0 Å². The Labute approximate surface area is 66.6 Å². The zero-order valence-electron chi connectivity index (χ0n) is 3.46. The summed E-state index contributed by atoms with van der Waals surface area (Å²) in [5.41, 5.74) is 0. The predicted molar refractivity (Wildman–Crippen MR) is 29.7 cm³/mol. The smallest absolute Gasteiger partial charge is 0.00554 e. The van der Waals surface area contributed by atoms with E-state index in [-0.39, 0.29) is 46.0 Å². The molecule has 0 aliphatic carbocycles. The number of rotatable bonds is 0. The second-order valence-corrected chi connectivity index (χ2v) is 0. The molecule has 0 aromatic heterocycles. The zero-order valence-corrected chi connectivity index (χ0v) is 7.04. The van der Waals surface area contributed by atoms with Gasteiger partial charge in [0, 0.05) is 45.7 Å². The van der Waals surface area contributed by atoms with Crippen LogP contribution in [-0.4, -0.2) is 46.0 Å². The van der Waals surface area contributed by atoms with Gasteiger partial charge in [-0.1, -0.05) is 0 Å². The number of nitrogens with two attached hydrogens (primary N) is 1. The fourth-order valence-corrected chi connectivity index (χ4v) is 0. The van der Waals surface area contributed by atoms with Crippen LogP contribution < -0.4 is 4.76 Å². The van der Waals surface area contributed by atoms with Crippen molar-refractivity contribution in [2.45, 2.75) is 0 Å². The quantitative estimate of drug-likeness (QED) is 0.313. The van der Waals surface area contributed by atoms with Crippen LogP contribution in [0.3, 0.4) is 0 Å². The van der Waals surface area contributed by atoms with E-state index in [1.807, 2.05) is 0 Å². The van der Waals surface area contributed by atoms with E-state index in [9.17, 15) is 0 Å². The van der Waals surface area contributed by atoms with Crippen molar-refractivity contribution in [3.63, 3.8) is 0 Å². The van der Waals surface area contributed by atoms with Crippen LogP contribution in [0.25, 0.3) is 0 Å². The second kappa shape index (κ2) is 103. The summed E-state index contributed by atoms with van der Waals surface area (Å²) in [4.78, 5) is 0. The van der Waals surface area contributed by atoms with Crippen LogP contribution in [-0.2, 0) is 0 Å². The molecule has 1 radical (unpaired) electrons. The molecule has 0 aliphatic rings. The molecule has 0 heterocycles. The molecular weight excluding hydrogens is 165 g/mol. The normalized spacial score (nSPS) is 1.00. The Balaban J connectivity index is -0.000000000833. The van der Waals surface area contributed by atoms with Gasteiger partial charge in [0.15, 0.2) is 0 Å². The molecule has 0 bridgehead atoms. The summed E-state index contributed by atoms with van der Waals surface area (Å²) in [6.07, 6.45) is 0. The first kappa shape index (κ1) is 54.3. The Bertz CT molecular complexity index is 10.8. The average molecular weight is 173 g/mol. The van der Waals surface area contributed by atoms with Gasteiger partial charge in [0.25, 0.3) is 0 Å². The third kappa shape index (κ3) is 57.0. The minimum Gasteiger partial charge on any atom is -0.412 e. The topological polar surface area (TPSA) is 121 Å².